The van der Waals surface area contributed by atoms with Crippen molar-refractivity contribution in [3.8, 4) is 11.3 Å². The van der Waals surface area contributed by atoms with E-state index in [-0.39, 0.29) is 5.56 Å². The van der Waals surface area contributed by atoms with E-state index in [1.54, 1.807) is 6.07 Å². The Morgan fingerprint density at radius 1 is 1.32 bits per heavy atom. The highest BCUT2D eigenvalue weighted by atomic mass is 16.4. The number of carbonyl (C=O) groups is 1. The van der Waals surface area contributed by atoms with E-state index < -0.39 is 5.97 Å². The lowest BCUT2D eigenvalue weighted by Gasteiger charge is -2.09. The quantitative estimate of drug-likeness (QED) is 0.865. The smallest absolute Gasteiger partial charge is 0.337 e. The Morgan fingerprint density at radius 2 is 2.05 bits per heavy atom. The molecule has 0 bridgehead atoms. The molecule has 0 unspecified atom stereocenters. The average Bonchev–Trinajstić information content (AvgIpc) is 2.85. The summed E-state index contributed by atoms with van der Waals surface area (Å²) in [5.41, 5.74) is 4.57. The van der Waals surface area contributed by atoms with Gasteiger partial charge in [-0.15, -0.1) is 0 Å². The number of aromatic nitrogens is 1. The molecular formula is C15H14N2O2. The number of aromatic carboxylic acids is 1. The molecule has 0 aliphatic carbocycles. The Kier molecular flexibility index (Phi) is 2.71. The molecule has 0 amide bonds. The van der Waals surface area contributed by atoms with Crippen LogP contribution in [-0.4, -0.2) is 22.6 Å². The molecule has 0 saturated heterocycles. The van der Waals surface area contributed by atoms with E-state index in [0.29, 0.717) is 5.69 Å². The number of carboxylic acid groups (broad SMARTS) is 1. The number of anilines is 1. The molecule has 1 aromatic heterocycles. The van der Waals surface area contributed by atoms with Gasteiger partial charge in [0.1, 0.15) is 0 Å². The average molecular weight is 254 g/mol. The summed E-state index contributed by atoms with van der Waals surface area (Å²) in [5.74, 6) is -0.945. The largest absolute Gasteiger partial charge is 0.478 e. The van der Waals surface area contributed by atoms with Crippen molar-refractivity contribution in [2.24, 2.45) is 0 Å². The SMILES string of the molecule is Cc1ccc(-c2nc3c(cc2C(=O)O)NCC3)cc1. The van der Waals surface area contributed by atoms with Gasteiger partial charge in [-0.2, -0.15) is 0 Å². The van der Waals surface area contributed by atoms with Gasteiger partial charge in [-0.3, -0.25) is 0 Å². The van der Waals surface area contributed by atoms with E-state index in [0.717, 1.165) is 35.5 Å². The van der Waals surface area contributed by atoms with Crippen molar-refractivity contribution in [2.75, 3.05) is 11.9 Å². The summed E-state index contributed by atoms with van der Waals surface area (Å²) < 4.78 is 0. The zero-order valence-electron chi connectivity index (χ0n) is 10.6. The van der Waals surface area contributed by atoms with Gasteiger partial charge in [0.05, 0.1) is 22.6 Å². The third kappa shape index (κ3) is 2.05. The second kappa shape index (κ2) is 4.39. The van der Waals surface area contributed by atoms with E-state index in [1.807, 2.05) is 31.2 Å². The molecule has 4 nitrogen and oxygen atoms in total. The number of rotatable bonds is 2. The minimum atomic E-state index is -0.945. The molecule has 0 fully saturated rings. The fraction of sp³-hybridized carbons (Fsp3) is 0.200. The Bertz CT molecular complexity index is 648. The summed E-state index contributed by atoms with van der Waals surface area (Å²) in [6.07, 6.45) is 0.841. The number of carboxylic acids is 1. The molecular weight excluding hydrogens is 240 g/mol. The summed E-state index contributed by atoms with van der Waals surface area (Å²) in [5, 5.41) is 12.5. The molecule has 0 spiro atoms. The van der Waals surface area contributed by atoms with E-state index in [1.165, 1.54) is 0 Å². The van der Waals surface area contributed by atoms with Crippen molar-refractivity contribution in [1.82, 2.24) is 4.98 Å². The molecule has 2 N–H and O–H groups in total. The maximum atomic E-state index is 11.4. The second-order valence-corrected chi connectivity index (χ2v) is 4.73. The minimum absolute atomic E-state index is 0.247. The van der Waals surface area contributed by atoms with Crippen LogP contribution in [0.3, 0.4) is 0 Å². The van der Waals surface area contributed by atoms with Gasteiger partial charge in [0, 0.05) is 18.5 Å². The molecule has 0 atom stereocenters. The molecule has 2 heterocycles. The van der Waals surface area contributed by atoms with Crippen LogP contribution in [0, 0.1) is 6.92 Å². The molecule has 0 radical (unpaired) electrons. The normalized spacial score (nSPS) is 12.9. The maximum Gasteiger partial charge on any atom is 0.337 e. The lowest BCUT2D eigenvalue weighted by atomic mass is 10.0. The summed E-state index contributed by atoms with van der Waals surface area (Å²) in [6, 6.07) is 9.45. The highest BCUT2D eigenvalue weighted by molar-refractivity contribution is 5.96. The molecule has 1 aromatic carbocycles. The summed E-state index contributed by atoms with van der Waals surface area (Å²) in [4.78, 5) is 15.9. The van der Waals surface area contributed by atoms with E-state index in [2.05, 4.69) is 10.3 Å². The van der Waals surface area contributed by atoms with E-state index in [9.17, 15) is 9.90 Å². The number of pyridine rings is 1. The number of nitrogens with zero attached hydrogens (tertiary/aromatic N) is 1. The summed E-state index contributed by atoms with van der Waals surface area (Å²) >= 11 is 0. The number of hydrogen-bond acceptors (Lipinski definition) is 3. The highest BCUT2D eigenvalue weighted by Crippen LogP contribution is 2.29. The van der Waals surface area contributed by atoms with Gasteiger partial charge in [0.15, 0.2) is 0 Å². The minimum Gasteiger partial charge on any atom is -0.478 e. The molecule has 0 saturated carbocycles. The van der Waals surface area contributed by atoms with Gasteiger partial charge in [-0.1, -0.05) is 29.8 Å². The van der Waals surface area contributed by atoms with Crippen LogP contribution in [0.15, 0.2) is 30.3 Å². The fourth-order valence-electron chi connectivity index (χ4n) is 2.31. The van der Waals surface area contributed by atoms with Crippen molar-refractivity contribution in [3.05, 3.63) is 47.2 Å². The van der Waals surface area contributed by atoms with Crippen LogP contribution in [-0.2, 0) is 6.42 Å². The number of fused-ring (bicyclic) bond motifs is 1. The van der Waals surface area contributed by atoms with Crippen LogP contribution in [0.2, 0.25) is 0 Å². The topological polar surface area (TPSA) is 62.2 Å². The molecule has 2 aromatic rings. The predicted molar refractivity (Wildman–Crippen MR) is 73.6 cm³/mol. The van der Waals surface area contributed by atoms with Crippen molar-refractivity contribution in [2.45, 2.75) is 13.3 Å². The van der Waals surface area contributed by atoms with Gasteiger partial charge in [0.2, 0.25) is 0 Å². The Labute approximate surface area is 111 Å². The zero-order valence-corrected chi connectivity index (χ0v) is 10.6. The molecule has 3 rings (SSSR count). The van der Waals surface area contributed by atoms with E-state index in [4.69, 9.17) is 0 Å². The van der Waals surface area contributed by atoms with Crippen molar-refractivity contribution in [3.63, 3.8) is 0 Å². The Morgan fingerprint density at radius 3 is 2.74 bits per heavy atom. The van der Waals surface area contributed by atoms with Crippen molar-refractivity contribution in [1.29, 1.82) is 0 Å². The monoisotopic (exact) mass is 254 g/mol. The lowest BCUT2D eigenvalue weighted by molar-refractivity contribution is 0.0697. The van der Waals surface area contributed by atoms with Crippen LogP contribution < -0.4 is 5.32 Å². The summed E-state index contributed by atoms with van der Waals surface area (Å²) in [7, 11) is 0. The van der Waals surface area contributed by atoms with Crippen LogP contribution >= 0.6 is 0 Å². The van der Waals surface area contributed by atoms with Gasteiger partial charge in [0.25, 0.3) is 0 Å². The van der Waals surface area contributed by atoms with Crippen molar-refractivity contribution >= 4 is 11.7 Å². The first-order valence-corrected chi connectivity index (χ1v) is 6.23. The van der Waals surface area contributed by atoms with Crippen LogP contribution in [0.25, 0.3) is 11.3 Å². The first kappa shape index (κ1) is 11.7. The van der Waals surface area contributed by atoms with Gasteiger partial charge in [-0.05, 0) is 13.0 Å². The third-order valence-corrected chi connectivity index (χ3v) is 3.33. The molecule has 96 valence electrons. The molecule has 1 aliphatic rings. The molecule has 19 heavy (non-hydrogen) atoms. The summed E-state index contributed by atoms with van der Waals surface area (Å²) in [6.45, 7) is 2.82. The van der Waals surface area contributed by atoms with Crippen molar-refractivity contribution < 1.29 is 9.90 Å². The van der Waals surface area contributed by atoms with Gasteiger partial charge < -0.3 is 10.4 Å². The third-order valence-electron chi connectivity index (χ3n) is 3.33. The first-order valence-electron chi connectivity index (χ1n) is 6.23. The highest BCUT2D eigenvalue weighted by Gasteiger charge is 2.20. The number of hydrogen-bond donors (Lipinski definition) is 2. The van der Waals surface area contributed by atoms with Gasteiger partial charge in [-0.25, -0.2) is 9.78 Å². The van der Waals surface area contributed by atoms with Gasteiger partial charge >= 0.3 is 5.97 Å². The molecule has 1 aliphatic heterocycles. The number of nitrogens with one attached hydrogen (secondary N) is 1. The predicted octanol–water partition coefficient (Wildman–Crippen LogP) is 2.72. The Balaban J connectivity index is 2.19. The first-order chi connectivity index (χ1) is 9.15. The lowest BCUT2D eigenvalue weighted by Crippen LogP contribution is -2.04. The standard InChI is InChI=1S/C15H14N2O2/c1-9-2-4-10(5-3-9)14-11(15(18)19)8-13-12(17-14)6-7-16-13/h2-5,8,16H,6-7H2,1H3,(H,18,19). The number of benzene rings is 1. The van der Waals surface area contributed by atoms with E-state index >= 15 is 0 Å². The Hall–Kier alpha value is -2.36. The van der Waals surface area contributed by atoms with Crippen LogP contribution in [0.4, 0.5) is 5.69 Å². The van der Waals surface area contributed by atoms with Crippen LogP contribution in [0.1, 0.15) is 21.6 Å². The molecule has 4 heteroatoms. The number of aryl methyl sites for hydroxylation is 1. The second-order valence-electron chi connectivity index (χ2n) is 4.73. The fourth-order valence-corrected chi connectivity index (χ4v) is 2.31. The van der Waals surface area contributed by atoms with Crippen LogP contribution in [0.5, 0.6) is 0 Å². The zero-order chi connectivity index (χ0) is 13.4. The maximum absolute atomic E-state index is 11.4.